The highest BCUT2D eigenvalue weighted by Gasteiger charge is 2.16. The van der Waals surface area contributed by atoms with Crippen molar-refractivity contribution in [3.05, 3.63) is 36.9 Å². The first-order valence-corrected chi connectivity index (χ1v) is 7.42. The van der Waals surface area contributed by atoms with Gasteiger partial charge in [0.2, 0.25) is 0 Å². The summed E-state index contributed by atoms with van der Waals surface area (Å²) in [5.74, 6) is -2.15. The van der Waals surface area contributed by atoms with Crippen LogP contribution in [0.1, 0.15) is 19.4 Å². The number of rotatable bonds is 4. The number of halogens is 3. The first-order chi connectivity index (χ1) is 12.5. The Morgan fingerprint density at radius 1 is 1.46 bits per heavy atom. The highest BCUT2D eigenvalue weighted by Crippen LogP contribution is 2.27. The van der Waals surface area contributed by atoms with Crippen LogP contribution in [0.4, 0.5) is 13.3 Å². The molecule has 0 spiro atoms. The molecule has 3 aromatic heterocycles. The molecule has 3 heterocycles. The van der Waals surface area contributed by atoms with Gasteiger partial charge in [0.25, 0.3) is 0 Å². The van der Waals surface area contributed by atoms with Gasteiger partial charge >= 0.3 is 12.4 Å². The van der Waals surface area contributed by atoms with Crippen LogP contribution in [0.5, 0.6) is 0 Å². The minimum absolute atomic E-state index is 0.0855. The molecule has 0 radical (unpaired) electrons. The molecule has 26 heavy (non-hydrogen) atoms. The van der Waals surface area contributed by atoms with Gasteiger partial charge < -0.3 is 4.98 Å². The zero-order valence-corrected chi connectivity index (χ0v) is 13.6. The maximum absolute atomic E-state index is 10.7. The highest BCUT2D eigenvalue weighted by molar-refractivity contribution is 5.92. The number of nitrogens with zero attached hydrogens (tertiary/aromatic N) is 4. The van der Waals surface area contributed by atoms with Crippen LogP contribution in [-0.4, -0.2) is 32.1 Å². The van der Waals surface area contributed by atoms with Crippen molar-refractivity contribution in [1.82, 2.24) is 19.7 Å². The molecule has 0 aliphatic carbocycles. The fourth-order valence-electron chi connectivity index (χ4n) is 2.19. The smallest absolute Gasteiger partial charge is 0.346 e. The van der Waals surface area contributed by atoms with E-state index in [1.165, 1.54) is 0 Å². The molecule has 0 bridgehead atoms. The molecule has 0 aliphatic heterocycles. The van der Waals surface area contributed by atoms with Gasteiger partial charge in [0.15, 0.2) is 0 Å². The normalized spacial score (nSPS) is 11.5. The van der Waals surface area contributed by atoms with E-state index in [9.17, 15) is 13.3 Å². The van der Waals surface area contributed by atoms with Crippen molar-refractivity contribution in [2.45, 2.75) is 25.8 Å². The number of fused-ring (bicyclic) bond motifs is 1. The molecular weight excluding hydrogens is 351 g/mol. The minimum Gasteiger partial charge on any atom is -0.346 e. The van der Waals surface area contributed by atoms with Crippen LogP contribution in [0.3, 0.4) is 0 Å². The van der Waals surface area contributed by atoms with Gasteiger partial charge in [-0.25, -0.2) is 14.7 Å². The lowest BCUT2D eigenvalue weighted by atomic mass is 10.1. The van der Waals surface area contributed by atoms with Gasteiger partial charge in [-0.15, -0.1) is 0 Å². The Hall–Kier alpha value is -3.35. The second-order valence-corrected chi connectivity index (χ2v) is 5.22. The molecule has 0 aromatic carbocycles. The van der Waals surface area contributed by atoms with E-state index >= 15 is 0 Å². The third-order valence-corrected chi connectivity index (χ3v) is 3.47. The van der Waals surface area contributed by atoms with Gasteiger partial charge in [-0.1, -0.05) is 0 Å². The second kappa shape index (κ2) is 8.66. The van der Waals surface area contributed by atoms with Gasteiger partial charge in [0.05, 0.1) is 24.7 Å². The molecule has 7 nitrogen and oxygen atoms in total. The fourth-order valence-corrected chi connectivity index (χ4v) is 2.19. The number of hydrogen-bond donors (Lipinski definition) is 1. The average molecular weight is 365 g/mol. The number of nitrogens with one attached hydrogen (secondary N) is 1. The standard InChI is InChI=1S/C14H13N5.C2HF3O2/c1-10(2-5-15)19-9-11(8-18-19)12-3-6-16-14-13(12)4-7-17-14;3-1(4)2(6)7-5/h3-4,6-10H,2H2,1H3,(H,16,17);1H/t10-;/m0./s1. The minimum atomic E-state index is -3.37. The predicted molar refractivity (Wildman–Crippen MR) is 85.5 cm³/mol. The molecule has 0 saturated carbocycles. The van der Waals surface area contributed by atoms with Crippen molar-refractivity contribution in [2.24, 2.45) is 0 Å². The van der Waals surface area contributed by atoms with Crippen LogP contribution in [0.2, 0.25) is 0 Å². The van der Waals surface area contributed by atoms with E-state index < -0.39 is 12.4 Å². The third-order valence-electron chi connectivity index (χ3n) is 3.47. The average Bonchev–Trinajstić information content (AvgIpc) is 3.30. The molecule has 1 atom stereocenters. The summed E-state index contributed by atoms with van der Waals surface area (Å²) < 4.78 is 33.6. The predicted octanol–water partition coefficient (Wildman–Crippen LogP) is 3.58. The Balaban J connectivity index is 0.000000298. The van der Waals surface area contributed by atoms with Gasteiger partial charge in [0, 0.05) is 34.1 Å². The summed E-state index contributed by atoms with van der Waals surface area (Å²) in [5, 5.41) is 14.1. The summed E-state index contributed by atoms with van der Waals surface area (Å²) in [4.78, 5) is 18.7. The molecule has 3 rings (SSSR count). The number of H-pyrrole nitrogens is 1. The number of nitriles is 1. The third kappa shape index (κ3) is 4.38. The van der Waals surface area contributed by atoms with Crippen molar-refractivity contribution < 1.29 is 23.0 Å². The Kier molecular flexibility index (Phi) is 6.32. The molecule has 1 N–H and O–H groups in total. The van der Waals surface area contributed by atoms with Crippen LogP contribution < -0.4 is 0 Å². The zero-order valence-electron chi connectivity index (χ0n) is 13.6. The summed E-state index contributed by atoms with van der Waals surface area (Å²) in [6, 6.07) is 6.24. The number of carbonyl (C=O) groups is 1. The summed E-state index contributed by atoms with van der Waals surface area (Å²) >= 11 is 0. The molecule has 3 aromatic rings. The van der Waals surface area contributed by atoms with Crippen LogP contribution in [0.25, 0.3) is 22.2 Å². The monoisotopic (exact) mass is 365 g/mol. The molecule has 0 fully saturated rings. The van der Waals surface area contributed by atoms with E-state index in [-0.39, 0.29) is 6.04 Å². The molecule has 0 saturated heterocycles. The van der Waals surface area contributed by atoms with Crippen molar-refractivity contribution in [3.8, 4) is 17.2 Å². The van der Waals surface area contributed by atoms with E-state index in [1.807, 2.05) is 42.3 Å². The molecular formula is C16H14F3N5O2. The largest absolute Gasteiger partial charge is 0.414 e. The molecule has 136 valence electrons. The Morgan fingerprint density at radius 3 is 2.85 bits per heavy atom. The van der Waals surface area contributed by atoms with Crippen LogP contribution in [0.15, 0.2) is 36.9 Å². The van der Waals surface area contributed by atoms with Crippen molar-refractivity contribution in [2.75, 3.05) is 0 Å². The fraction of sp³-hybridized carbons (Fsp3) is 0.250. The first kappa shape index (κ1) is 19.0. The van der Waals surface area contributed by atoms with Crippen molar-refractivity contribution >= 4 is 17.0 Å². The Bertz CT molecular complexity index is 916. The second-order valence-electron chi connectivity index (χ2n) is 5.22. The number of aromatic amines is 1. The first-order valence-electron chi connectivity index (χ1n) is 7.42. The number of hydrogen-bond acceptors (Lipinski definition) is 5. The van der Waals surface area contributed by atoms with E-state index in [0.29, 0.717) is 6.42 Å². The number of carbonyl (C=O) groups excluding carboxylic acids is 1. The maximum Gasteiger partial charge on any atom is 0.414 e. The van der Waals surface area contributed by atoms with Crippen LogP contribution in [-0.2, 0) is 9.74 Å². The Labute approximate surface area is 145 Å². The van der Waals surface area contributed by atoms with Gasteiger partial charge in [-0.2, -0.15) is 19.1 Å². The summed E-state index contributed by atoms with van der Waals surface area (Å²) in [5.41, 5.74) is 3.01. The van der Waals surface area contributed by atoms with Gasteiger partial charge in [-0.05, 0) is 24.6 Å². The van der Waals surface area contributed by atoms with E-state index in [2.05, 4.69) is 26.1 Å². The lowest BCUT2D eigenvalue weighted by molar-refractivity contribution is -0.196. The van der Waals surface area contributed by atoms with Crippen molar-refractivity contribution in [1.29, 1.82) is 5.26 Å². The topological polar surface area (TPSA) is 96.6 Å². The number of pyridine rings is 1. The molecule has 10 heteroatoms. The van der Waals surface area contributed by atoms with E-state index in [0.717, 1.165) is 22.2 Å². The quantitative estimate of drug-likeness (QED) is 0.762. The van der Waals surface area contributed by atoms with Gasteiger partial charge in [-0.3, -0.25) is 4.68 Å². The van der Waals surface area contributed by atoms with E-state index in [1.54, 1.807) is 6.20 Å². The summed E-state index contributed by atoms with van der Waals surface area (Å²) in [6.07, 6.45) is 4.55. The van der Waals surface area contributed by atoms with E-state index in [4.69, 9.17) is 10.1 Å². The van der Waals surface area contributed by atoms with Crippen LogP contribution in [0, 0.1) is 11.3 Å². The highest BCUT2D eigenvalue weighted by atomic mass is 19.3. The lowest BCUT2D eigenvalue weighted by Crippen LogP contribution is -2.08. The maximum atomic E-state index is 10.7. The number of alkyl halides is 2. The number of aromatic nitrogens is 4. The lowest BCUT2D eigenvalue weighted by Gasteiger charge is -2.06. The Morgan fingerprint density at radius 2 is 2.23 bits per heavy atom. The molecule has 0 unspecified atom stereocenters. The van der Waals surface area contributed by atoms with Crippen molar-refractivity contribution in [3.63, 3.8) is 0 Å². The summed E-state index contributed by atoms with van der Waals surface area (Å²) in [6.45, 7) is 1.98. The van der Waals surface area contributed by atoms with Gasteiger partial charge in [0.1, 0.15) is 5.65 Å². The SMILES string of the molecule is C[C@@H](CC#N)n1cc(-c2ccnc3[nH]ccc23)cn1.O=C(OF)C(F)F. The zero-order chi connectivity index (χ0) is 19.1. The molecule has 0 amide bonds. The molecule has 0 aliphatic rings. The summed E-state index contributed by atoms with van der Waals surface area (Å²) in [7, 11) is 0. The van der Waals surface area contributed by atoms with Crippen LogP contribution >= 0.6 is 0 Å².